The summed E-state index contributed by atoms with van der Waals surface area (Å²) in [6, 6.07) is 0. The zero-order valence-corrected chi connectivity index (χ0v) is 6.64. The molecule has 0 aromatic rings. The van der Waals surface area contributed by atoms with Gasteiger partial charge in [-0.3, -0.25) is 0 Å². The van der Waals surface area contributed by atoms with Crippen LogP contribution in [0.4, 0.5) is 0 Å². The van der Waals surface area contributed by atoms with Crippen molar-refractivity contribution in [2.75, 3.05) is 6.61 Å². The summed E-state index contributed by atoms with van der Waals surface area (Å²) < 4.78 is 0. The predicted molar refractivity (Wildman–Crippen MR) is 33.7 cm³/mol. The molecule has 0 aliphatic carbocycles. The third-order valence-electron chi connectivity index (χ3n) is 1.18. The van der Waals surface area contributed by atoms with Gasteiger partial charge in [0.15, 0.2) is 0 Å². The van der Waals surface area contributed by atoms with Crippen LogP contribution in [0.25, 0.3) is 0 Å². The van der Waals surface area contributed by atoms with E-state index in [0.29, 0.717) is 6.10 Å². The fourth-order valence-electron chi connectivity index (χ4n) is 0.644. The Morgan fingerprint density at radius 2 is 2.50 bits per heavy atom. The zero-order valence-electron chi connectivity index (χ0n) is 7.22. The Kier molecular flexibility index (Phi) is 4.94. The summed E-state index contributed by atoms with van der Waals surface area (Å²) in [7, 11) is 0. The van der Waals surface area contributed by atoms with Crippen LogP contribution in [0.3, 0.4) is 0 Å². The third-order valence-corrected chi connectivity index (χ3v) is 1.18. The van der Waals surface area contributed by atoms with Gasteiger partial charge in [-0.25, -0.2) is 9.78 Å². The van der Waals surface area contributed by atoms with Crippen molar-refractivity contribution in [1.29, 1.82) is 0 Å². The molecular weight excluding hydrogens is 116 g/mol. The topological polar surface area (TPSA) is 18.5 Å². The van der Waals surface area contributed by atoms with E-state index in [1.54, 1.807) is 0 Å². The summed E-state index contributed by atoms with van der Waals surface area (Å²) >= 11 is 0. The molecule has 3 heteroatoms. The molecular formula is C5H12MgO2. The van der Waals surface area contributed by atoms with Gasteiger partial charge in [0, 0.05) is 6.42 Å². The van der Waals surface area contributed by atoms with Crippen LogP contribution in [0.1, 0.15) is 22.6 Å². The molecule has 2 nitrogen and oxygen atoms in total. The van der Waals surface area contributed by atoms with Crippen LogP contribution in [0.2, 0.25) is 0 Å². The maximum absolute atomic E-state index is 4.80. The van der Waals surface area contributed by atoms with E-state index in [1.165, 1.54) is 0 Å². The van der Waals surface area contributed by atoms with Crippen LogP contribution in [0.5, 0.6) is 0 Å². The molecule has 1 saturated heterocycles. The van der Waals surface area contributed by atoms with Crippen molar-refractivity contribution < 1.29 is 12.6 Å². The van der Waals surface area contributed by atoms with Gasteiger partial charge in [-0.2, -0.15) is 0 Å². The molecule has 0 spiro atoms. The van der Waals surface area contributed by atoms with E-state index < -0.39 is 0 Å². The van der Waals surface area contributed by atoms with Gasteiger partial charge >= 0.3 is 23.1 Å². The van der Waals surface area contributed by atoms with Crippen molar-refractivity contribution in [1.82, 2.24) is 0 Å². The Morgan fingerprint density at radius 3 is 2.75 bits per heavy atom. The molecule has 1 rings (SSSR count). The number of hydrogen-bond donors (Lipinski definition) is 0. The first-order chi connectivity index (χ1) is 3.43. The summed E-state index contributed by atoms with van der Waals surface area (Å²) in [6.45, 7) is 2.87. The molecule has 1 aliphatic heterocycles. The Balaban J connectivity index is -0.000000163. The maximum atomic E-state index is 4.80. The summed E-state index contributed by atoms with van der Waals surface area (Å²) in [5, 5.41) is 0. The van der Waals surface area contributed by atoms with E-state index >= 15 is 0 Å². The molecule has 1 atom stereocenters. The molecule has 1 unspecified atom stereocenters. The molecule has 0 radical (unpaired) electrons. The minimum atomic E-state index is 0. The minimum absolute atomic E-state index is 0. The second kappa shape index (κ2) is 4.55. The second-order valence-electron chi connectivity index (χ2n) is 1.74. The smallest absolute Gasteiger partial charge is 1.00 e. The quantitative estimate of drug-likeness (QED) is 0.387. The van der Waals surface area contributed by atoms with Gasteiger partial charge in [-0.05, 0) is 6.42 Å². The average molecular weight is 128 g/mol. The standard InChI is InChI=1S/C5H10O2.Mg.2H/c1-2-5-3-4-6-7-5;;;/h5H,2-4H2,1H3;;;/q;+2;2*-1. The average Bonchev–Trinajstić information content (AvgIpc) is 2.14. The molecule has 1 fully saturated rings. The fourth-order valence-corrected chi connectivity index (χ4v) is 0.644. The summed E-state index contributed by atoms with van der Waals surface area (Å²) in [6.07, 6.45) is 2.51. The van der Waals surface area contributed by atoms with Crippen molar-refractivity contribution in [3.05, 3.63) is 0 Å². The number of hydrogen-bond acceptors (Lipinski definition) is 2. The van der Waals surface area contributed by atoms with Crippen LogP contribution in [0.15, 0.2) is 0 Å². The molecule has 8 heavy (non-hydrogen) atoms. The van der Waals surface area contributed by atoms with E-state index in [-0.39, 0.29) is 25.9 Å². The second-order valence-corrected chi connectivity index (χ2v) is 1.74. The molecule has 0 amide bonds. The molecule has 0 bridgehead atoms. The summed E-state index contributed by atoms with van der Waals surface area (Å²) in [4.78, 5) is 9.45. The SMILES string of the molecule is CCC1CCOO1.[H-].[H-].[Mg+2]. The first-order valence-corrected chi connectivity index (χ1v) is 2.71. The first-order valence-electron chi connectivity index (χ1n) is 2.71. The maximum Gasteiger partial charge on any atom is 2.00 e. The monoisotopic (exact) mass is 128 g/mol. The van der Waals surface area contributed by atoms with Crippen LogP contribution >= 0.6 is 0 Å². The van der Waals surface area contributed by atoms with Gasteiger partial charge < -0.3 is 2.85 Å². The largest absolute Gasteiger partial charge is 2.00 e. The van der Waals surface area contributed by atoms with Crippen LogP contribution in [-0.4, -0.2) is 35.8 Å². The molecule has 0 saturated carbocycles. The Morgan fingerprint density at radius 1 is 1.75 bits per heavy atom. The minimum Gasteiger partial charge on any atom is -1.00 e. The van der Waals surface area contributed by atoms with Crippen LogP contribution < -0.4 is 0 Å². The molecule has 1 heterocycles. The fraction of sp³-hybridized carbons (Fsp3) is 1.00. The Labute approximate surface area is 68.6 Å². The first kappa shape index (κ1) is 8.69. The Hall–Kier alpha value is 0.686. The van der Waals surface area contributed by atoms with E-state index in [4.69, 9.17) is 4.89 Å². The molecule has 0 N–H and O–H groups in total. The molecule has 0 aromatic carbocycles. The van der Waals surface area contributed by atoms with Crippen molar-refractivity contribution in [3.8, 4) is 0 Å². The van der Waals surface area contributed by atoms with Crippen molar-refractivity contribution in [2.24, 2.45) is 0 Å². The van der Waals surface area contributed by atoms with Gasteiger partial charge in [-0.15, -0.1) is 0 Å². The zero-order chi connectivity index (χ0) is 5.11. The summed E-state index contributed by atoms with van der Waals surface area (Å²) in [5.74, 6) is 0. The van der Waals surface area contributed by atoms with E-state index in [0.717, 1.165) is 19.4 Å². The molecule has 1 aliphatic rings. The van der Waals surface area contributed by atoms with Crippen LogP contribution in [0, 0.1) is 0 Å². The normalized spacial score (nSPS) is 27.4. The van der Waals surface area contributed by atoms with Gasteiger partial charge in [0.1, 0.15) is 0 Å². The van der Waals surface area contributed by atoms with Gasteiger partial charge in [0.25, 0.3) is 0 Å². The van der Waals surface area contributed by atoms with Crippen molar-refractivity contribution in [2.45, 2.75) is 25.9 Å². The van der Waals surface area contributed by atoms with Crippen molar-refractivity contribution >= 4 is 23.1 Å². The summed E-state index contributed by atoms with van der Waals surface area (Å²) in [5.41, 5.74) is 0. The van der Waals surface area contributed by atoms with Gasteiger partial charge in [0.05, 0.1) is 12.7 Å². The van der Waals surface area contributed by atoms with E-state index in [9.17, 15) is 0 Å². The van der Waals surface area contributed by atoms with E-state index in [2.05, 4.69) is 11.8 Å². The molecule has 46 valence electrons. The van der Waals surface area contributed by atoms with Crippen molar-refractivity contribution in [3.63, 3.8) is 0 Å². The van der Waals surface area contributed by atoms with Gasteiger partial charge in [0.2, 0.25) is 0 Å². The third kappa shape index (κ3) is 2.30. The molecule has 0 aromatic heterocycles. The van der Waals surface area contributed by atoms with E-state index in [1.807, 2.05) is 0 Å². The number of rotatable bonds is 1. The predicted octanol–water partition coefficient (Wildman–Crippen LogP) is 0.961. The Bertz CT molecular complexity index is 59.6. The van der Waals surface area contributed by atoms with Gasteiger partial charge in [-0.1, -0.05) is 6.92 Å². The van der Waals surface area contributed by atoms with Crippen LogP contribution in [-0.2, 0) is 9.78 Å².